The van der Waals surface area contributed by atoms with Crippen molar-refractivity contribution in [3.8, 4) is 5.75 Å². The van der Waals surface area contributed by atoms with Gasteiger partial charge < -0.3 is 9.64 Å². The largest absolute Gasteiger partial charge is 0.573 e. The van der Waals surface area contributed by atoms with Crippen molar-refractivity contribution in [3.05, 3.63) is 65.7 Å². The SMILES string of the molecule is CCN(CCc1ccccc1)C(=O)Cc1ccc(OC(F)(F)F)cc1. The molecule has 0 bridgehead atoms. The van der Waals surface area contributed by atoms with Gasteiger partial charge in [-0.25, -0.2) is 0 Å². The molecule has 2 aromatic rings. The van der Waals surface area contributed by atoms with E-state index in [-0.39, 0.29) is 18.1 Å². The molecule has 0 heterocycles. The predicted octanol–water partition coefficient (Wildman–Crippen LogP) is 4.22. The monoisotopic (exact) mass is 351 g/mol. The molecule has 134 valence electrons. The average Bonchev–Trinajstić information content (AvgIpc) is 2.57. The Morgan fingerprint density at radius 1 is 1.00 bits per heavy atom. The molecule has 2 aromatic carbocycles. The third kappa shape index (κ3) is 6.49. The van der Waals surface area contributed by atoms with Crippen molar-refractivity contribution >= 4 is 5.91 Å². The number of likely N-dealkylation sites (N-methyl/N-ethyl adjacent to an activating group) is 1. The van der Waals surface area contributed by atoms with E-state index in [1.54, 1.807) is 4.90 Å². The Balaban J connectivity index is 1.90. The second kappa shape index (κ2) is 8.55. The normalized spacial score (nSPS) is 11.2. The van der Waals surface area contributed by atoms with Gasteiger partial charge in [0, 0.05) is 13.1 Å². The van der Waals surface area contributed by atoms with E-state index < -0.39 is 6.36 Å². The number of benzene rings is 2. The molecule has 0 saturated heterocycles. The van der Waals surface area contributed by atoms with E-state index in [0.717, 1.165) is 12.0 Å². The molecule has 0 atom stereocenters. The zero-order valence-electron chi connectivity index (χ0n) is 13.9. The van der Waals surface area contributed by atoms with Crippen LogP contribution in [0.25, 0.3) is 0 Å². The number of alkyl halides is 3. The molecule has 3 nitrogen and oxygen atoms in total. The fraction of sp³-hybridized carbons (Fsp3) is 0.316. The summed E-state index contributed by atoms with van der Waals surface area (Å²) in [5.74, 6) is -0.344. The lowest BCUT2D eigenvalue weighted by molar-refractivity contribution is -0.274. The molecule has 2 rings (SSSR count). The standard InChI is InChI=1S/C19H20F3NO2/c1-2-23(13-12-15-6-4-3-5-7-15)18(24)14-16-8-10-17(11-9-16)25-19(20,21)22/h3-11H,2,12-14H2,1H3. The van der Waals surface area contributed by atoms with Crippen molar-refractivity contribution in [2.75, 3.05) is 13.1 Å². The molecule has 1 amide bonds. The Morgan fingerprint density at radius 2 is 1.64 bits per heavy atom. The summed E-state index contributed by atoms with van der Waals surface area (Å²) >= 11 is 0. The van der Waals surface area contributed by atoms with Gasteiger partial charge in [-0.05, 0) is 36.6 Å². The average molecular weight is 351 g/mol. The second-order valence-electron chi connectivity index (χ2n) is 5.58. The highest BCUT2D eigenvalue weighted by Crippen LogP contribution is 2.23. The van der Waals surface area contributed by atoms with Crippen LogP contribution in [0.4, 0.5) is 13.2 Å². The molecule has 0 N–H and O–H groups in total. The van der Waals surface area contributed by atoms with Crippen LogP contribution < -0.4 is 4.74 Å². The van der Waals surface area contributed by atoms with E-state index in [0.29, 0.717) is 18.7 Å². The summed E-state index contributed by atoms with van der Waals surface area (Å²) in [4.78, 5) is 14.1. The number of ether oxygens (including phenoxy) is 1. The smallest absolute Gasteiger partial charge is 0.406 e. The Morgan fingerprint density at radius 3 is 2.20 bits per heavy atom. The quantitative estimate of drug-likeness (QED) is 0.747. The number of hydrogen-bond acceptors (Lipinski definition) is 2. The highest BCUT2D eigenvalue weighted by atomic mass is 19.4. The van der Waals surface area contributed by atoms with Gasteiger partial charge in [0.2, 0.25) is 5.91 Å². The van der Waals surface area contributed by atoms with E-state index in [9.17, 15) is 18.0 Å². The van der Waals surface area contributed by atoms with Gasteiger partial charge in [0.1, 0.15) is 5.75 Å². The van der Waals surface area contributed by atoms with Crippen molar-refractivity contribution in [1.82, 2.24) is 4.90 Å². The van der Waals surface area contributed by atoms with Gasteiger partial charge in [-0.2, -0.15) is 0 Å². The van der Waals surface area contributed by atoms with E-state index in [4.69, 9.17) is 0 Å². The highest BCUT2D eigenvalue weighted by Gasteiger charge is 2.30. The molecule has 0 unspecified atom stereocenters. The molecule has 0 fully saturated rings. The lowest BCUT2D eigenvalue weighted by atomic mass is 10.1. The van der Waals surface area contributed by atoms with E-state index >= 15 is 0 Å². The summed E-state index contributed by atoms with van der Waals surface area (Å²) in [6.45, 7) is 3.10. The summed E-state index contributed by atoms with van der Waals surface area (Å²) in [7, 11) is 0. The van der Waals surface area contributed by atoms with E-state index in [2.05, 4.69) is 4.74 Å². The summed E-state index contributed by atoms with van der Waals surface area (Å²) in [5, 5.41) is 0. The minimum atomic E-state index is -4.71. The molecule has 0 saturated carbocycles. The van der Waals surface area contributed by atoms with Crippen molar-refractivity contribution < 1.29 is 22.7 Å². The Hall–Kier alpha value is -2.50. The van der Waals surface area contributed by atoms with Crippen LogP contribution in [-0.2, 0) is 17.6 Å². The third-order valence-electron chi connectivity index (χ3n) is 3.76. The van der Waals surface area contributed by atoms with Crippen LogP contribution in [0.2, 0.25) is 0 Å². The molecule has 0 radical (unpaired) electrons. The Kier molecular flexibility index (Phi) is 6.44. The molecule has 0 aliphatic heterocycles. The first-order chi connectivity index (χ1) is 11.9. The van der Waals surface area contributed by atoms with Crippen LogP contribution in [0.5, 0.6) is 5.75 Å². The van der Waals surface area contributed by atoms with Gasteiger partial charge in [0.15, 0.2) is 0 Å². The maximum atomic E-state index is 12.4. The fourth-order valence-electron chi connectivity index (χ4n) is 2.46. The van der Waals surface area contributed by atoms with Crippen molar-refractivity contribution in [2.24, 2.45) is 0 Å². The molecule has 0 aliphatic rings. The molecule has 0 aromatic heterocycles. The van der Waals surface area contributed by atoms with E-state index in [1.165, 1.54) is 24.3 Å². The molecule has 0 spiro atoms. The zero-order valence-corrected chi connectivity index (χ0v) is 13.9. The van der Waals surface area contributed by atoms with Gasteiger partial charge in [-0.1, -0.05) is 42.5 Å². The molecule has 0 aliphatic carbocycles. The van der Waals surface area contributed by atoms with Crippen LogP contribution >= 0.6 is 0 Å². The van der Waals surface area contributed by atoms with Gasteiger partial charge in [-0.3, -0.25) is 4.79 Å². The highest BCUT2D eigenvalue weighted by molar-refractivity contribution is 5.78. The summed E-state index contributed by atoms with van der Waals surface area (Å²) < 4.78 is 40.3. The Labute approximate surface area is 145 Å². The van der Waals surface area contributed by atoms with Gasteiger partial charge >= 0.3 is 6.36 Å². The molecule has 25 heavy (non-hydrogen) atoms. The maximum absolute atomic E-state index is 12.4. The van der Waals surface area contributed by atoms with Crippen LogP contribution in [-0.4, -0.2) is 30.3 Å². The maximum Gasteiger partial charge on any atom is 0.573 e. The first kappa shape index (κ1) is 18.8. The van der Waals surface area contributed by atoms with Crippen LogP contribution in [0.3, 0.4) is 0 Å². The third-order valence-corrected chi connectivity index (χ3v) is 3.76. The number of amides is 1. The van der Waals surface area contributed by atoms with Crippen molar-refractivity contribution in [2.45, 2.75) is 26.1 Å². The minimum Gasteiger partial charge on any atom is -0.406 e. The van der Waals surface area contributed by atoms with Gasteiger partial charge in [0.25, 0.3) is 0 Å². The molecular formula is C19H20F3NO2. The number of halogens is 3. The van der Waals surface area contributed by atoms with Gasteiger partial charge in [0.05, 0.1) is 6.42 Å². The topological polar surface area (TPSA) is 29.5 Å². The van der Waals surface area contributed by atoms with Crippen molar-refractivity contribution in [3.63, 3.8) is 0 Å². The minimum absolute atomic E-state index is 0.0529. The first-order valence-corrected chi connectivity index (χ1v) is 8.04. The van der Waals surface area contributed by atoms with Gasteiger partial charge in [-0.15, -0.1) is 13.2 Å². The zero-order chi connectivity index (χ0) is 18.3. The number of nitrogens with zero attached hydrogens (tertiary/aromatic N) is 1. The predicted molar refractivity (Wildman–Crippen MR) is 89.2 cm³/mol. The van der Waals surface area contributed by atoms with Crippen LogP contribution in [0.1, 0.15) is 18.1 Å². The summed E-state index contributed by atoms with van der Waals surface area (Å²) in [5.41, 5.74) is 1.81. The number of rotatable bonds is 7. The van der Waals surface area contributed by atoms with Crippen molar-refractivity contribution in [1.29, 1.82) is 0 Å². The summed E-state index contributed by atoms with van der Waals surface area (Å²) in [6, 6.07) is 15.3. The number of carbonyl (C=O) groups is 1. The van der Waals surface area contributed by atoms with E-state index in [1.807, 2.05) is 37.3 Å². The van der Waals surface area contributed by atoms with Crippen LogP contribution in [0, 0.1) is 0 Å². The molecule has 6 heteroatoms. The number of carbonyl (C=O) groups excluding carboxylic acids is 1. The second-order valence-corrected chi connectivity index (χ2v) is 5.58. The molecular weight excluding hydrogens is 331 g/mol. The lowest BCUT2D eigenvalue weighted by Gasteiger charge is -2.21. The first-order valence-electron chi connectivity index (χ1n) is 8.04. The fourth-order valence-corrected chi connectivity index (χ4v) is 2.46. The Bertz CT molecular complexity index is 669. The lowest BCUT2D eigenvalue weighted by Crippen LogP contribution is -2.33. The number of hydrogen-bond donors (Lipinski definition) is 0. The summed E-state index contributed by atoms with van der Waals surface area (Å²) in [6.07, 6.45) is -3.80. The van der Waals surface area contributed by atoms with Crippen LogP contribution in [0.15, 0.2) is 54.6 Å².